The van der Waals surface area contributed by atoms with E-state index in [1.807, 2.05) is 0 Å². The molecule has 14 heavy (non-hydrogen) atoms. The molecule has 78 valence electrons. The number of rotatable bonds is 5. The second-order valence-electron chi connectivity index (χ2n) is 3.64. The Morgan fingerprint density at radius 1 is 1.50 bits per heavy atom. The predicted molar refractivity (Wildman–Crippen MR) is 49.6 cm³/mol. The van der Waals surface area contributed by atoms with Crippen LogP contribution in [0.15, 0.2) is 4.42 Å². The fourth-order valence-electron chi connectivity index (χ4n) is 1.53. The first kappa shape index (κ1) is 9.61. The van der Waals surface area contributed by atoms with Gasteiger partial charge in [-0.05, 0) is 12.8 Å². The van der Waals surface area contributed by atoms with Crippen molar-refractivity contribution in [1.82, 2.24) is 15.1 Å². The number of hydrogen-bond acceptors (Lipinski definition) is 5. The lowest BCUT2D eigenvalue weighted by molar-refractivity contribution is 0.171. The van der Waals surface area contributed by atoms with Crippen molar-refractivity contribution < 1.29 is 9.52 Å². The van der Waals surface area contributed by atoms with Crippen molar-refractivity contribution in [2.24, 2.45) is 0 Å². The maximum Gasteiger partial charge on any atom is 0.230 e. The van der Waals surface area contributed by atoms with Crippen LogP contribution >= 0.6 is 0 Å². The van der Waals surface area contributed by atoms with Crippen molar-refractivity contribution in [2.45, 2.75) is 32.4 Å². The van der Waals surface area contributed by atoms with Gasteiger partial charge in [0.05, 0.1) is 13.2 Å². The normalized spacial score (nSPS) is 16.5. The molecule has 5 heteroatoms. The summed E-state index contributed by atoms with van der Waals surface area (Å²) in [4.78, 5) is 2.19. The van der Waals surface area contributed by atoms with E-state index in [1.165, 1.54) is 12.8 Å². The maximum absolute atomic E-state index is 8.89. The van der Waals surface area contributed by atoms with Gasteiger partial charge in [-0.2, -0.15) is 0 Å². The van der Waals surface area contributed by atoms with Gasteiger partial charge in [-0.3, -0.25) is 4.90 Å². The molecule has 0 atom stereocenters. The average molecular weight is 197 g/mol. The Morgan fingerprint density at radius 3 is 2.79 bits per heavy atom. The molecule has 0 aromatic carbocycles. The molecule has 0 radical (unpaired) electrons. The number of hydrogen-bond donors (Lipinski definition) is 1. The highest BCUT2D eigenvalue weighted by molar-refractivity contribution is 4.88. The molecule has 1 aromatic rings. The molecule has 1 aliphatic rings. The first-order valence-electron chi connectivity index (χ1n) is 4.93. The maximum atomic E-state index is 8.89. The lowest BCUT2D eigenvalue weighted by atomic mass is 10.4. The lowest BCUT2D eigenvalue weighted by Gasteiger charge is -2.17. The summed E-state index contributed by atoms with van der Waals surface area (Å²) in [6, 6.07) is 0.606. The van der Waals surface area contributed by atoms with Crippen LogP contribution in [0.25, 0.3) is 0 Å². The van der Waals surface area contributed by atoms with Crippen LogP contribution in [0.1, 0.15) is 24.6 Å². The minimum Gasteiger partial charge on any atom is -0.424 e. The van der Waals surface area contributed by atoms with Gasteiger partial charge < -0.3 is 9.52 Å². The van der Waals surface area contributed by atoms with E-state index in [4.69, 9.17) is 9.52 Å². The van der Waals surface area contributed by atoms with Crippen molar-refractivity contribution in [3.8, 4) is 0 Å². The quantitative estimate of drug-likeness (QED) is 0.737. The van der Waals surface area contributed by atoms with Crippen molar-refractivity contribution in [1.29, 1.82) is 0 Å². The highest BCUT2D eigenvalue weighted by Crippen LogP contribution is 2.27. The summed E-state index contributed by atoms with van der Waals surface area (Å²) >= 11 is 0. The third-order valence-electron chi connectivity index (χ3n) is 2.36. The molecule has 0 spiro atoms. The molecule has 1 aromatic heterocycles. The molecule has 1 saturated carbocycles. The molecule has 0 amide bonds. The third kappa shape index (κ3) is 2.30. The molecule has 2 rings (SSSR count). The van der Waals surface area contributed by atoms with Crippen LogP contribution in [0.5, 0.6) is 0 Å². The zero-order chi connectivity index (χ0) is 9.97. The summed E-state index contributed by atoms with van der Waals surface area (Å²) in [5, 5.41) is 16.6. The van der Waals surface area contributed by atoms with Gasteiger partial charge in [0.15, 0.2) is 0 Å². The number of aromatic nitrogens is 2. The van der Waals surface area contributed by atoms with Crippen LogP contribution in [-0.2, 0) is 6.54 Å². The number of aliphatic hydroxyl groups is 1. The molecule has 1 fully saturated rings. The first-order chi connectivity index (χ1) is 6.79. The summed E-state index contributed by atoms with van der Waals surface area (Å²) in [5.41, 5.74) is 0. The van der Waals surface area contributed by atoms with Crippen molar-refractivity contribution >= 4 is 0 Å². The van der Waals surface area contributed by atoms with Crippen molar-refractivity contribution in [3.63, 3.8) is 0 Å². The molecule has 5 nitrogen and oxygen atoms in total. The molecular weight excluding hydrogens is 182 g/mol. The van der Waals surface area contributed by atoms with Gasteiger partial charge in [0.1, 0.15) is 0 Å². The van der Waals surface area contributed by atoms with E-state index in [2.05, 4.69) is 15.1 Å². The monoisotopic (exact) mass is 197 g/mol. The Bertz CT molecular complexity index is 296. The fraction of sp³-hybridized carbons (Fsp3) is 0.778. The van der Waals surface area contributed by atoms with E-state index in [0.29, 0.717) is 30.9 Å². The van der Waals surface area contributed by atoms with Gasteiger partial charge in [0.2, 0.25) is 11.8 Å². The van der Waals surface area contributed by atoms with Crippen LogP contribution in [-0.4, -0.2) is 39.4 Å². The van der Waals surface area contributed by atoms with E-state index in [0.717, 1.165) is 0 Å². The Kier molecular flexibility index (Phi) is 2.79. The molecule has 0 unspecified atom stereocenters. The Hall–Kier alpha value is -0.940. The molecule has 0 bridgehead atoms. The number of aryl methyl sites for hydroxylation is 1. The second kappa shape index (κ2) is 4.06. The molecule has 0 aliphatic heterocycles. The lowest BCUT2D eigenvalue weighted by Crippen LogP contribution is -2.28. The summed E-state index contributed by atoms with van der Waals surface area (Å²) in [5.74, 6) is 1.24. The zero-order valence-corrected chi connectivity index (χ0v) is 8.31. The van der Waals surface area contributed by atoms with E-state index in [1.54, 1.807) is 6.92 Å². The van der Waals surface area contributed by atoms with Gasteiger partial charge >= 0.3 is 0 Å². The number of nitrogens with zero attached hydrogens (tertiary/aromatic N) is 3. The smallest absolute Gasteiger partial charge is 0.230 e. The van der Waals surface area contributed by atoms with E-state index < -0.39 is 0 Å². The molecule has 1 heterocycles. The SMILES string of the molecule is Cc1nnc(CN(CCO)C2CC2)o1. The molecule has 1 N–H and O–H groups in total. The Morgan fingerprint density at radius 2 is 2.29 bits per heavy atom. The van der Waals surface area contributed by atoms with Gasteiger partial charge in [-0.25, -0.2) is 0 Å². The summed E-state index contributed by atoms with van der Waals surface area (Å²) in [7, 11) is 0. The molecule has 0 saturated heterocycles. The van der Waals surface area contributed by atoms with Gasteiger partial charge in [-0.15, -0.1) is 10.2 Å². The van der Waals surface area contributed by atoms with E-state index in [9.17, 15) is 0 Å². The van der Waals surface area contributed by atoms with Crippen LogP contribution in [0.4, 0.5) is 0 Å². The van der Waals surface area contributed by atoms with E-state index >= 15 is 0 Å². The predicted octanol–water partition coefficient (Wildman–Crippen LogP) is 0.335. The third-order valence-corrected chi connectivity index (χ3v) is 2.36. The fourth-order valence-corrected chi connectivity index (χ4v) is 1.53. The van der Waals surface area contributed by atoms with E-state index in [-0.39, 0.29) is 6.61 Å². The first-order valence-corrected chi connectivity index (χ1v) is 4.93. The van der Waals surface area contributed by atoms with Gasteiger partial charge in [0, 0.05) is 19.5 Å². The topological polar surface area (TPSA) is 62.4 Å². The Labute approximate surface area is 82.7 Å². The Balaban J connectivity index is 1.92. The standard InChI is InChI=1S/C9H15N3O2/c1-7-10-11-9(14-7)6-12(4-5-13)8-2-3-8/h8,13H,2-6H2,1H3. The van der Waals surface area contributed by atoms with Crippen LogP contribution in [0.3, 0.4) is 0 Å². The van der Waals surface area contributed by atoms with Crippen molar-refractivity contribution in [2.75, 3.05) is 13.2 Å². The number of aliphatic hydroxyl groups excluding tert-OH is 1. The molecule has 1 aliphatic carbocycles. The average Bonchev–Trinajstić information content (AvgIpc) is 2.91. The van der Waals surface area contributed by atoms with Gasteiger partial charge in [0.25, 0.3) is 0 Å². The summed E-state index contributed by atoms with van der Waals surface area (Å²) < 4.78 is 5.29. The van der Waals surface area contributed by atoms with Crippen LogP contribution in [0.2, 0.25) is 0 Å². The largest absolute Gasteiger partial charge is 0.424 e. The molecular formula is C9H15N3O2. The van der Waals surface area contributed by atoms with Crippen molar-refractivity contribution in [3.05, 3.63) is 11.8 Å². The summed E-state index contributed by atoms with van der Waals surface area (Å²) in [6.45, 7) is 3.31. The minimum absolute atomic E-state index is 0.184. The highest BCUT2D eigenvalue weighted by Gasteiger charge is 2.29. The zero-order valence-electron chi connectivity index (χ0n) is 8.31. The van der Waals surface area contributed by atoms with Gasteiger partial charge in [-0.1, -0.05) is 0 Å². The minimum atomic E-state index is 0.184. The highest BCUT2D eigenvalue weighted by atomic mass is 16.4. The summed E-state index contributed by atoms with van der Waals surface area (Å²) in [6.07, 6.45) is 2.43. The van der Waals surface area contributed by atoms with Crippen LogP contribution in [0, 0.1) is 6.92 Å². The second-order valence-corrected chi connectivity index (χ2v) is 3.64. The van der Waals surface area contributed by atoms with Crippen LogP contribution < -0.4 is 0 Å².